The first-order valence-electron chi connectivity index (χ1n) is 10.8. The number of hydrogen-bond donors (Lipinski definition) is 2. The molecular formula is C24H31N3O2. The predicted molar refractivity (Wildman–Crippen MR) is 116 cm³/mol. The molecule has 2 saturated heterocycles. The fourth-order valence-corrected chi connectivity index (χ4v) is 4.16. The number of carbonyl (C=O) groups is 1. The van der Waals surface area contributed by atoms with Gasteiger partial charge in [0.05, 0.1) is 0 Å². The fraction of sp³-hybridized carbons (Fsp3) is 0.458. The third-order valence-electron chi connectivity index (χ3n) is 5.84. The Bertz CT molecular complexity index is 790. The third kappa shape index (κ3) is 5.89. The third-order valence-corrected chi connectivity index (χ3v) is 5.84. The highest BCUT2D eigenvalue weighted by Crippen LogP contribution is 2.17. The maximum atomic E-state index is 12.2. The molecule has 5 heteroatoms. The van der Waals surface area contributed by atoms with Crippen molar-refractivity contribution in [3.05, 3.63) is 65.7 Å². The Balaban J connectivity index is 1.20. The van der Waals surface area contributed by atoms with Crippen LogP contribution in [0.1, 0.15) is 30.4 Å². The minimum atomic E-state index is -0.294. The molecule has 2 atom stereocenters. The van der Waals surface area contributed by atoms with Crippen molar-refractivity contribution in [3.8, 4) is 0 Å². The minimum absolute atomic E-state index is 0.0301. The van der Waals surface area contributed by atoms with Gasteiger partial charge in [-0.3, -0.25) is 4.79 Å². The molecule has 0 radical (unpaired) electrons. The van der Waals surface area contributed by atoms with Crippen LogP contribution in [0, 0.1) is 0 Å². The van der Waals surface area contributed by atoms with Gasteiger partial charge in [-0.25, -0.2) is 0 Å². The van der Waals surface area contributed by atoms with Crippen LogP contribution in [0.25, 0.3) is 0 Å². The van der Waals surface area contributed by atoms with Gasteiger partial charge in [0.15, 0.2) is 0 Å². The molecule has 1 amide bonds. The summed E-state index contributed by atoms with van der Waals surface area (Å²) in [6.07, 6.45) is 3.78. The van der Waals surface area contributed by atoms with E-state index in [0.29, 0.717) is 12.6 Å². The molecule has 2 aliphatic rings. The van der Waals surface area contributed by atoms with Crippen molar-refractivity contribution in [1.29, 1.82) is 0 Å². The second-order valence-corrected chi connectivity index (χ2v) is 8.09. The highest BCUT2D eigenvalue weighted by atomic mass is 16.5. The lowest BCUT2D eigenvalue weighted by Crippen LogP contribution is -2.32. The van der Waals surface area contributed by atoms with Crippen molar-refractivity contribution in [2.75, 3.05) is 31.6 Å². The summed E-state index contributed by atoms with van der Waals surface area (Å²) in [5, 5.41) is 6.67. The van der Waals surface area contributed by atoms with Gasteiger partial charge in [-0.1, -0.05) is 42.5 Å². The number of benzene rings is 2. The average Bonchev–Trinajstić information content (AvgIpc) is 3.44. The Kier molecular flexibility index (Phi) is 6.93. The molecular weight excluding hydrogens is 362 g/mol. The first-order chi connectivity index (χ1) is 14.3. The molecule has 154 valence electrons. The fourth-order valence-electron chi connectivity index (χ4n) is 4.16. The van der Waals surface area contributed by atoms with Crippen LogP contribution in [0.2, 0.25) is 0 Å². The van der Waals surface area contributed by atoms with Gasteiger partial charge in [-0.15, -0.1) is 0 Å². The monoisotopic (exact) mass is 393 g/mol. The summed E-state index contributed by atoms with van der Waals surface area (Å²) in [5.41, 5.74) is 3.45. The molecule has 2 fully saturated rings. The molecule has 0 aromatic heterocycles. The van der Waals surface area contributed by atoms with E-state index in [0.717, 1.165) is 51.1 Å². The molecule has 2 heterocycles. The molecule has 2 N–H and O–H groups in total. The zero-order chi connectivity index (χ0) is 19.9. The van der Waals surface area contributed by atoms with Gasteiger partial charge in [0.25, 0.3) is 5.91 Å². The minimum Gasteiger partial charge on any atom is -0.368 e. The molecule has 2 aromatic rings. The topological polar surface area (TPSA) is 53.6 Å². The van der Waals surface area contributed by atoms with E-state index in [-0.39, 0.29) is 12.0 Å². The Labute approximate surface area is 173 Å². The van der Waals surface area contributed by atoms with Gasteiger partial charge in [0, 0.05) is 38.0 Å². The van der Waals surface area contributed by atoms with Crippen molar-refractivity contribution in [3.63, 3.8) is 0 Å². The second kappa shape index (κ2) is 10.0. The Morgan fingerprint density at radius 3 is 2.76 bits per heavy atom. The summed E-state index contributed by atoms with van der Waals surface area (Å²) in [6, 6.07) is 19.3. The summed E-state index contributed by atoms with van der Waals surface area (Å²) in [7, 11) is 0. The number of carbonyl (C=O) groups excluding carboxylic acids is 1. The SMILES string of the molecule is O=C(Nc1cccc(CN[C@@H]2CCN(CCc3ccccc3)C2)c1)[C@H]1CCCO1. The summed E-state index contributed by atoms with van der Waals surface area (Å²) < 4.78 is 5.46. The van der Waals surface area contributed by atoms with E-state index in [1.807, 2.05) is 12.1 Å². The number of rotatable bonds is 8. The highest BCUT2D eigenvalue weighted by molar-refractivity contribution is 5.94. The van der Waals surface area contributed by atoms with E-state index >= 15 is 0 Å². The maximum absolute atomic E-state index is 12.2. The van der Waals surface area contributed by atoms with Crippen molar-refractivity contribution < 1.29 is 9.53 Å². The largest absolute Gasteiger partial charge is 0.368 e. The van der Waals surface area contributed by atoms with E-state index in [9.17, 15) is 4.79 Å². The lowest BCUT2D eigenvalue weighted by molar-refractivity contribution is -0.124. The highest BCUT2D eigenvalue weighted by Gasteiger charge is 2.24. The molecule has 0 aliphatic carbocycles. The van der Waals surface area contributed by atoms with Gasteiger partial charge in [-0.05, 0) is 55.5 Å². The van der Waals surface area contributed by atoms with Gasteiger partial charge >= 0.3 is 0 Å². The molecule has 0 spiro atoms. The van der Waals surface area contributed by atoms with Crippen LogP contribution >= 0.6 is 0 Å². The van der Waals surface area contributed by atoms with Crippen LogP contribution in [0.4, 0.5) is 5.69 Å². The van der Waals surface area contributed by atoms with E-state index in [1.165, 1.54) is 17.5 Å². The van der Waals surface area contributed by atoms with Crippen LogP contribution in [-0.4, -0.2) is 49.2 Å². The Morgan fingerprint density at radius 1 is 1.07 bits per heavy atom. The van der Waals surface area contributed by atoms with Crippen LogP contribution in [0.5, 0.6) is 0 Å². The van der Waals surface area contributed by atoms with E-state index in [2.05, 4.69) is 58.0 Å². The Hall–Kier alpha value is -2.21. The van der Waals surface area contributed by atoms with E-state index < -0.39 is 0 Å². The molecule has 2 aliphatic heterocycles. The second-order valence-electron chi connectivity index (χ2n) is 8.09. The zero-order valence-electron chi connectivity index (χ0n) is 17.0. The van der Waals surface area contributed by atoms with Crippen LogP contribution in [0.3, 0.4) is 0 Å². The smallest absolute Gasteiger partial charge is 0.253 e. The molecule has 0 saturated carbocycles. The lowest BCUT2D eigenvalue weighted by Gasteiger charge is -2.17. The number of nitrogens with zero attached hydrogens (tertiary/aromatic N) is 1. The van der Waals surface area contributed by atoms with Crippen LogP contribution < -0.4 is 10.6 Å². The van der Waals surface area contributed by atoms with Crippen molar-refractivity contribution in [2.24, 2.45) is 0 Å². The standard InChI is InChI=1S/C24H31N3O2/c28-24(23-10-5-15-29-23)26-21-9-4-8-20(16-21)17-25-22-12-14-27(18-22)13-11-19-6-2-1-3-7-19/h1-4,6-9,16,22-23,25H,5,10-15,17-18H2,(H,26,28)/t22-,23-/m1/s1. The summed E-state index contributed by atoms with van der Waals surface area (Å²) in [6.45, 7) is 4.88. The number of hydrogen-bond acceptors (Lipinski definition) is 4. The predicted octanol–water partition coefficient (Wildman–Crippen LogP) is 3.21. The van der Waals surface area contributed by atoms with Crippen molar-refractivity contribution in [1.82, 2.24) is 10.2 Å². The van der Waals surface area contributed by atoms with Crippen LogP contribution in [-0.2, 0) is 22.5 Å². The van der Waals surface area contributed by atoms with Gasteiger partial charge < -0.3 is 20.3 Å². The zero-order valence-corrected chi connectivity index (χ0v) is 17.0. The quantitative estimate of drug-likeness (QED) is 0.723. The summed E-state index contributed by atoms with van der Waals surface area (Å²) in [5.74, 6) is -0.0301. The molecule has 0 bridgehead atoms. The molecule has 0 unspecified atom stereocenters. The first kappa shape index (κ1) is 20.1. The molecule has 4 rings (SSSR count). The number of anilines is 1. The summed E-state index contributed by atoms with van der Waals surface area (Å²) >= 11 is 0. The maximum Gasteiger partial charge on any atom is 0.253 e. The van der Waals surface area contributed by atoms with Crippen LogP contribution in [0.15, 0.2) is 54.6 Å². The number of amides is 1. The average molecular weight is 394 g/mol. The van der Waals surface area contributed by atoms with Gasteiger partial charge in [0.2, 0.25) is 0 Å². The lowest BCUT2D eigenvalue weighted by atomic mass is 10.1. The van der Waals surface area contributed by atoms with Gasteiger partial charge in [0.1, 0.15) is 6.10 Å². The van der Waals surface area contributed by atoms with Gasteiger partial charge in [-0.2, -0.15) is 0 Å². The van der Waals surface area contributed by atoms with E-state index in [1.54, 1.807) is 0 Å². The number of nitrogens with one attached hydrogen (secondary N) is 2. The van der Waals surface area contributed by atoms with Crippen molar-refractivity contribution >= 4 is 11.6 Å². The molecule has 29 heavy (non-hydrogen) atoms. The number of likely N-dealkylation sites (tertiary alicyclic amines) is 1. The Morgan fingerprint density at radius 2 is 1.93 bits per heavy atom. The molecule has 2 aromatic carbocycles. The van der Waals surface area contributed by atoms with E-state index in [4.69, 9.17) is 4.74 Å². The summed E-state index contributed by atoms with van der Waals surface area (Å²) in [4.78, 5) is 14.8. The van der Waals surface area contributed by atoms with Crippen molar-refractivity contribution in [2.45, 2.75) is 44.4 Å². The normalized spacial score (nSPS) is 22.1. The molecule has 5 nitrogen and oxygen atoms in total. The first-order valence-corrected chi connectivity index (χ1v) is 10.8. The number of ether oxygens (including phenoxy) is 1.